The fraction of sp³-hybridized carbons (Fsp3) is 0.818. The zero-order valence-corrected chi connectivity index (χ0v) is 10.7. The minimum absolute atomic E-state index is 0.0379. The first kappa shape index (κ1) is 14.9. The fourth-order valence-electron chi connectivity index (χ4n) is 0.968. The standard InChI is InChI=1S/C11H21NO4/c1-6-11(2,3)10(15)16-8-12(4,5)7-9(13)14/h6-8H2,1-5H3/i4+1,5+1,12+1. The molecule has 0 saturated carbocycles. The zero-order valence-electron chi connectivity index (χ0n) is 10.7. The quantitative estimate of drug-likeness (QED) is 0.209. The highest BCUT2D eigenvalue weighted by Crippen LogP contribution is 2.21. The number of carbonyl (C=O) groups is 2. The van der Waals surface area contributed by atoms with Crippen LogP contribution in [-0.2, 0) is 14.3 Å². The topological polar surface area (TPSA) is 66.4 Å². The van der Waals surface area contributed by atoms with Crippen LogP contribution in [0.3, 0.4) is 0 Å². The number of carbonyl (C=O) groups excluding carboxylic acids is 2. The molecule has 0 aromatic heterocycles. The number of nitrogens with zero attached hydrogens (tertiary/aromatic N) is 1. The molecule has 5 nitrogen and oxygen atoms in total. The Kier molecular flexibility index (Phi) is 4.93. The van der Waals surface area contributed by atoms with Crippen LogP contribution < -0.4 is 5.11 Å². The number of ether oxygens (including phenoxy) is 1. The third kappa shape index (κ3) is 5.11. The highest BCUT2D eigenvalue weighted by Gasteiger charge is 2.29. The Balaban J connectivity index is 4.25. The molecule has 0 N–H and O–H groups in total. The van der Waals surface area contributed by atoms with Crippen LogP contribution in [0.4, 0.5) is 0 Å². The van der Waals surface area contributed by atoms with Gasteiger partial charge in [-0.1, -0.05) is 6.92 Å². The van der Waals surface area contributed by atoms with E-state index in [2.05, 4.69) is 0 Å². The van der Waals surface area contributed by atoms with Crippen molar-refractivity contribution in [2.45, 2.75) is 27.2 Å². The maximum Gasteiger partial charge on any atom is 0.315 e. The monoisotopic (exact) mass is 234 g/mol. The lowest BCUT2D eigenvalue weighted by atomic mass is 9.91. The van der Waals surface area contributed by atoms with Crippen molar-refractivity contribution in [3.05, 3.63) is 0 Å². The van der Waals surface area contributed by atoms with Crippen molar-refractivity contribution in [1.29, 1.82) is 0 Å². The number of quaternary nitrogens is 1. The van der Waals surface area contributed by atoms with Crippen molar-refractivity contribution < 1.29 is 23.9 Å². The van der Waals surface area contributed by atoms with Crippen LogP contribution in [0.1, 0.15) is 27.2 Å². The predicted octanol–water partition coefficient (Wildman–Crippen LogP) is -0.250. The molecule has 0 aromatic rings. The molecule has 0 aliphatic carbocycles. The van der Waals surface area contributed by atoms with Gasteiger partial charge in [0.2, 0.25) is 6.73 Å². The Hall–Kier alpha value is -1.10. The second-order valence-electron chi connectivity index (χ2n) is 5.26. The number of carboxylic acids is 1. The van der Waals surface area contributed by atoms with Gasteiger partial charge < -0.3 is 14.6 Å². The van der Waals surface area contributed by atoms with E-state index in [0.29, 0.717) is 6.42 Å². The highest BCUT2D eigenvalue weighted by atomic mass is 16.6. The van der Waals surface area contributed by atoms with Gasteiger partial charge in [-0.05, 0) is 20.3 Å². The molecule has 0 spiro atoms. The summed E-state index contributed by atoms with van der Waals surface area (Å²) in [5.74, 6) is -1.46. The number of hydrogen-bond donors (Lipinski definition) is 0. The van der Waals surface area contributed by atoms with Crippen LogP contribution in [0.2, 0.25) is 0 Å². The number of esters is 1. The Morgan fingerprint density at radius 3 is 2.19 bits per heavy atom. The Bertz CT molecular complexity index is 271. The van der Waals surface area contributed by atoms with E-state index in [1.54, 1.807) is 27.9 Å². The Morgan fingerprint density at radius 1 is 1.31 bits per heavy atom. The van der Waals surface area contributed by atoms with E-state index in [-0.39, 0.29) is 23.7 Å². The number of likely N-dealkylation sites (N-methyl/N-ethyl adjacent to an activating group) is 1. The first-order valence-electron chi connectivity index (χ1n) is 5.30. The van der Waals surface area contributed by atoms with E-state index in [9.17, 15) is 14.7 Å². The van der Waals surface area contributed by atoms with E-state index in [4.69, 9.17) is 4.74 Å². The third-order valence-corrected chi connectivity index (χ3v) is 2.54. The minimum Gasteiger partial charge on any atom is -0.544 e. The molecule has 16 heavy (non-hydrogen) atoms. The molecule has 0 atom stereocenters. The molecule has 0 heterocycles. The second kappa shape index (κ2) is 5.30. The molecule has 0 fully saturated rings. The lowest BCUT2D eigenvalue weighted by Crippen LogP contribution is -2.50. The van der Waals surface area contributed by atoms with Crippen molar-refractivity contribution in [3.8, 4) is 0 Å². The summed E-state index contributed by atoms with van der Waals surface area (Å²) in [5.41, 5.74) is -0.526. The summed E-state index contributed by atoms with van der Waals surface area (Å²) in [6.07, 6.45) is 0.680. The lowest BCUT2D eigenvalue weighted by Gasteiger charge is -2.30. The van der Waals surface area contributed by atoms with Gasteiger partial charge in [0.25, 0.3) is 0 Å². The van der Waals surface area contributed by atoms with Gasteiger partial charge in [0, 0.05) is 0 Å². The van der Waals surface area contributed by atoms with Gasteiger partial charge in [-0.25, -0.2) is 0 Å². The highest BCUT2D eigenvalue weighted by molar-refractivity contribution is 5.75. The summed E-state index contributed by atoms with van der Waals surface area (Å²) in [6.45, 7) is 5.36. The maximum absolute atomic E-state index is 11.6. The molecule has 0 amide bonds. The summed E-state index contributed by atoms with van der Waals surface area (Å²) >= 11 is 0. The molecular weight excluding hydrogens is 213 g/mol. The largest absolute Gasteiger partial charge is 0.544 e. The average Bonchev–Trinajstić information content (AvgIpc) is 2.12. The normalized spacial score (nSPS) is 12.3. The van der Waals surface area contributed by atoms with Crippen molar-refractivity contribution >= 4 is 11.9 Å². The Labute approximate surface area is 96.6 Å². The van der Waals surface area contributed by atoms with Gasteiger partial charge in [-0.3, -0.25) is 9.28 Å². The van der Waals surface area contributed by atoms with Crippen LogP contribution >= 0.6 is 0 Å². The van der Waals surface area contributed by atoms with Crippen LogP contribution in [0.25, 0.3) is 0 Å². The van der Waals surface area contributed by atoms with Gasteiger partial charge in [-0.15, -0.1) is 0 Å². The van der Waals surface area contributed by atoms with Crippen molar-refractivity contribution in [1.82, 2.24) is 0 Å². The van der Waals surface area contributed by atoms with Gasteiger partial charge in [0.15, 0.2) is 0 Å². The van der Waals surface area contributed by atoms with E-state index in [1.165, 1.54) is 0 Å². The number of carboxylic acid groups (broad SMARTS) is 1. The molecule has 0 aliphatic rings. The fourth-order valence-corrected chi connectivity index (χ4v) is 0.968. The van der Waals surface area contributed by atoms with Crippen molar-refractivity contribution in [2.24, 2.45) is 5.41 Å². The number of aliphatic carboxylic acids is 1. The average molecular weight is 234 g/mol. The first-order valence-corrected chi connectivity index (χ1v) is 5.30. The summed E-state index contributed by atoms with van der Waals surface area (Å²) in [4.78, 5) is 22.1. The Morgan fingerprint density at radius 2 is 1.81 bits per heavy atom. The number of rotatable bonds is 6. The maximum atomic E-state index is 11.6. The van der Waals surface area contributed by atoms with Crippen LogP contribution in [0.15, 0.2) is 0 Å². The smallest absolute Gasteiger partial charge is 0.315 e. The molecule has 0 radical (unpaired) electrons. The van der Waals surface area contributed by atoms with Gasteiger partial charge in [0.1, 0.15) is 6.54 Å². The van der Waals surface area contributed by atoms with Gasteiger partial charge in [0.05, 0.1) is 25.5 Å². The molecule has 0 unspecified atom stereocenters. The van der Waals surface area contributed by atoms with Crippen LogP contribution in [0, 0.1) is 5.41 Å². The van der Waals surface area contributed by atoms with Crippen LogP contribution in [0.5, 0.6) is 0 Å². The molecule has 0 aromatic carbocycles. The van der Waals surface area contributed by atoms with E-state index in [1.807, 2.05) is 6.92 Å². The summed E-state index contributed by atoms with van der Waals surface area (Å²) < 4.78 is 5.17. The molecule has 5 heteroatoms. The third-order valence-electron chi connectivity index (χ3n) is 2.54. The van der Waals surface area contributed by atoms with Crippen molar-refractivity contribution in [3.63, 3.8) is 0 Å². The summed E-state index contributed by atoms with van der Waals surface area (Å²) in [6, 6.07) is 0. The molecule has 0 aliphatic heterocycles. The molecule has 0 bridgehead atoms. The number of hydrogen-bond acceptors (Lipinski definition) is 4. The molecule has 0 rings (SSSR count). The lowest BCUT2D eigenvalue weighted by molar-refractivity contribution is -0.901. The van der Waals surface area contributed by atoms with E-state index in [0.717, 1.165) is 0 Å². The van der Waals surface area contributed by atoms with Gasteiger partial charge >= 0.3 is 5.97 Å². The first-order chi connectivity index (χ1) is 7.10. The predicted molar refractivity (Wildman–Crippen MR) is 57.0 cm³/mol. The zero-order chi connectivity index (χ0) is 13.0. The molecule has 94 valence electrons. The minimum atomic E-state index is -1.16. The SMILES string of the molecule is CCC(C)(C)C(=O)OC[15N+]([13CH3])([13CH3])CC(=O)[O-]. The van der Waals surface area contributed by atoms with Crippen LogP contribution in [-0.4, -0.2) is 43.8 Å². The van der Waals surface area contributed by atoms with E-state index < -0.39 is 11.4 Å². The molecular formula is C11H21NO4. The van der Waals surface area contributed by atoms with Gasteiger partial charge in [-0.2, -0.15) is 0 Å². The second-order valence-corrected chi connectivity index (χ2v) is 5.26. The van der Waals surface area contributed by atoms with E-state index >= 15 is 0 Å². The molecule has 0 saturated heterocycles. The summed E-state index contributed by atoms with van der Waals surface area (Å²) in [7, 11) is 3.34. The summed E-state index contributed by atoms with van der Waals surface area (Å²) in [5, 5.41) is 10.4. The van der Waals surface area contributed by atoms with Crippen molar-refractivity contribution in [2.75, 3.05) is 27.4 Å².